The summed E-state index contributed by atoms with van der Waals surface area (Å²) in [7, 11) is 0. The van der Waals surface area contributed by atoms with E-state index >= 15 is 0 Å². The van der Waals surface area contributed by atoms with E-state index in [-0.39, 0.29) is 11.5 Å². The summed E-state index contributed by atoms with van der Waals surface area (Å²) in [6.07, 6.45) is 6.25. The zero-order valence-electron chi connectivity index (χ0n) is 15.0. The van der Waals surface area contributed by atoms with Crippen molar-refractivity contribution in [3.63, 3.8) is 0 Å². The molecule has 5 nitrogen and oxygen atoms in total. The minimum atomic E-state index is -0.997. The Kier molecular flexibility index (Phi) is 5.33. The van der Waals surface area contributed by atoms with Crippen LogP contribution in [-0.2, 0) is 0 Å². The van der Waals surface area contributed by atoms with Crippen LogP contribution in [0.4, 0.5) is 13.9 Å². The Morgan fingerprint density at radius 1 is 1.00 bits per heavy atom. The zero-order valence-corrected chi connectivity index (χ0v) is 15.9. The third-order valence-corrected chi connectivity index (χ3v) is 6.53. The number of anilines is 1. The number of hydrogen-bond acceptors (Lipinski definition) is 5. The first-order chi connectivity index (χ1) is 13.1. The molecule has 0 unspecified atom stereocenters. The average Bonchev–Trinajstić information content (AvgIpc) is 3.21. The Balaban J connectivity index is 1.36. The average molecular weight is 392 g/mol. The molecule has 0 N–H and O–H groups in total. The van der Waals surface area contributed by atoms with Crippen molar-refractivity contribution in [2.24, 2.45) is 0 Å². The van der Waals surface area contributed by atoms with Gasteiger partial charge in [-0.05, 0) is 31.0 Å². The van der Waals surface area contributed by atoms with Crippen LogP contribution in [0.15, 0.2) is 18.2 Å². The van der Waals surface area contributed by atoms with Crippen LogP contribution in [0.3, 0.4) is 0 Å². The minimum absolute atomic E-state index is 0.179. The highest BCUT2D eigenvalue weighted by Crippen LogP contribution is 2.36. The highest BCUT2D eigenvalue weighted by atomic mass is 32.1. The van der Waals surface area contributed by atoms with Crippen LogP contribution in [0.25, 0.3) is 0 Å². The first kappa shape index (κ1) is 18.3. The molecule has 2 heterocycles. The Morgan fingerprint density at radius 2 is 1.74 bits per heavy atom. The van der Waals surface area contributed by atoms with Gasteiger partial charge in [0.2, 0.25) is 5.13 Å². The molecule has 2 fully saturated rings. The molecule has 0 atom stereocenters. The number of amides is 1. The molecule has 2 aliphatic rings. The molecule has 144 valence electrons. The lowest BCUT2D eigenvalue weighted by atomic mass is 9.90. The summed E-state index contributed by atoms with van der Waals surface area (Å²) in [6, 6.07) is 3.28. The van der Waals surface area contributed by atoms with Crippen molar-refractivity contribution in [3.05, 3.63) is 40.4 Å². The van der Waals surface area contributed by atoms with E-state index in [1.807, 2.05) is 0 Å². The molecule has 8 heteroatoms. The second-order valence-electron chi connectivity index (χ2n) is 7.17. The van der Waals surface area contributed by atoms with Crippen molar-refractivity contribution in [2.75, 3.05) is 31.1 Å². The van der Waals surface area contributed by atoms with E-state index in [1.165, 1.54) is 38.2 Å². The van der Waals surface area contributed by atoms with Gasteiger partial charge in [-0.2, -0.15) is 0 Å². The fourth-order valence-corrected chi connectivity index (χ4v) is 4.85. The summed E-state index contributed by atoms with van der Waals surface area (Å²) in [5, 5.41) is 10.8. The summed E-state index contributed by atoms with van der Waals surface area (Å²) >= 11 is 1.66. The molecule has 1 aliphatic carbocycles. The van der Waals surface area contributed by atoms with Crippen LogP contribution in [0.1, 0.15) is 53.4 Å². The van der Waals surface area contributed by atoms with E-state index in [9.17, 15) is 13.6 Å². The van der Waals surface area contributed by atoms with Gasteiger partial charge in [-0.25, -0.2) is 8.78 Å². The van der Waals surface area contributed by atoms with Gasteiger partial charge in [0, 0.05) is 37.7 Å². The number of carbonyl (C=O) groups is 1. The molecule has 1 aromatic carbocycles. The van der Waals surface area contributed by atoms with Crippen molar-refractivity contribution in [1.29, 1.82) is 0 Å². The number of rotatable bonds is 3. The van der Waals surface area contributed by atoms with Gasteiger partial charge in [0.1, 0.15) is 5.01 Å². The molecule has 1 saturated carbocycles. The van der Waals surface area contributed by atoms with Gasteiger partial charge in [0.25, 0.3) is 5.91 Å². The van der Waals surface area contributed by atoms with Crippen molar-refractivity contribution in [1.82, 2.24) is 15.1 Å². The first-order valence-corrected chi connectivity index (χ1v) is 10.3. The molecular formula is C19H22F2N4OS. The summed E-state index contributed by atoms with van der Waals surface area (Å²) in [4.78, 5) is 16.3. The van der Waals surface area contributed by atoms with Gasteiger partial charge in [0.05, 0.1) is 0 Å². The van der Waals surface area contributed by atoms with Gasteiger partial charge >= 0.3 is 0 Å². The molecule has 0 radical (unpaired) electrons. The van der Waals surface area contributed by atoms with E-state index in [1.54, 1.807) is 16.2 Å². The summed E-state index contributed by atoms with van der Waals surface area (Å²) in [5.41, 5.74) is 0.179. The maximum absolute atomic E-state index is 13.4. The fraction of sp³-hybridized carbons (Fsp3) is 0.526. The number of aromatic nitrogens is 2. The Labute approximate surface area is 161 Å². The SMILES string of the molecule is O=C(c1ccc(F)c(F)c1)N1CCN(c2nnc(C3CCCCC3)s2)CC1. The van der Waals surface area contributed by atoms with Gasteiger partial charge in [-0.15, -0.1) is 10.2 Å². The summed E-state index contributed by atoms with van der Waals surface area (Å²) < 4.78 is 26.4. The Hall–Kier alpha value is -2.09. The molecule has 2 aromatic rings. The number of piperazine rings is 1. The van der Waals surface area contributed by atoms with Crippen LogP contribution < -0.4 is 4.90 Å². The highest BCUT2D eigenvalue weighted by Gasteiger charge is 2.26. The third-order valence-electron chi connectivity index (χ3n) is 5.39. The summed E-state index contributed by atoms with van der Waals surface area (Å²) in [5.74, 6) is -1.67. The molecule has 0 bridgehead atoms. The molecule has 27 heavy (non-hydrogen) atoms. The van der Waals surface area contributed by atoms with Crippen LogP contribution >= 0.6 is 11.3 Å². The van der Waals surface area contributed by atoms with Crippen LogP contribution in [0.2, 0.25) is 0 Å². The molecule has 1 amide bonds. The Morgan fingerprint density at radius 3 is 2.44 bits per heavy atom. The smallest absolute Gasteiger partial charge is 0.254 e. The van der Waals surface area contributed by atoms with Gasteiger partial charge in [-0.1, -0.05) is 30.6 Å². The predicted molar refractivity (Wildman–Crippen MR) is 100 cm³/mol. The van der Waals surface area contributed by atoms with Crippen molar-refractivity contribution in [3.8, 4) is 0 Å². The number of benzene rings is 1. The molecule has 1 saturated heterocycles. The number of nitrogens with zero attached hydrogens (tertiary/aromatic N) is 4. The monoisotopic (exact) mass is 392 g/mol. The topological polar surface area (TPSA) is 49.3 Å². The van der Waals surface area contributed by atoms with E-state index in [0.717, 1.165) is 22.3 Å². The number of halogens is 2. The second kappa shape index (κ2) is 7.88. The van der Waals surface area contributed by atoms with Crippen molar-refractivity contribution in [2.45, 2.75) is 38.0 Å². The molecule has 1 aromatic heterocycles. The maximum Gasteiger partial charge on any atom is 0.254 e. The van der Waals surface area contributed by atoms with Crippen molar-refractivity contribution < 1.29 is 13.6 Å². The molecule has 0 spiro atoms. The van der Waals surface area contributed by atoms with E-state index < -0.39 is 11.6 Å². The van der Waals surface area contributed by atoms with Gasteiger partial charge < -0.3 is 9.80 Å². The number of hydrogen-bond donors (Lipinski definition) is 0. The zero-order chi connectivity index (χ0) is 18.8. The third kappa shape index (κ3) is 3.95. The lowest BCUT2D eigenvalue weighted by Crippen LogP contribution is -2.48. The molecule has 4 rings (SSSR count). The largest absolute Gasteiger partial charge is 0.343 e. The van der Waals surface area contributed by atoms with Crippen LogP contribution in [-0.4, -0.2) is 47.2 Å². The highest BCUT2D eigenvalue weighted by molar-refractivity contribution is 7.15. The normalized spacial score (nSPS) is 18.7. The quantitative estimate of drug-likeness (QED) is 0.797. The second-order valence-corrected chi connectivity index (χ2v) is 8.15. The fourth-order valence-electron chi connectivity index (χ4n) is 3.78. The summed E-state index contributed by atoms with van der Waals surface area (Å²) in [6.45, 7) is 2.37. The predicted octanol–water partition coefficient (Wildman–Crippen LogP) is 3.83. The van der Waals surface area contributed by atoms with Crippen molar-refractivity contribution >= 4 is 22.4 Å². The maximum atomic E-state index is 13.4. The van der Waals surface area contributed by atoms with Crippen LogP contribution in [0.5, 0.6) is 0 Å². The molecular weight excluding hydrogens is 370 g/mol. The lowest BCUT2D eigenvalue weighted by Gasteiger charge is -2.34. The van der Waals surface area contributed by atoms with E-state index in [4.69, 9.17) is 0 Å². The Bertz CT molecular complexity index is 814. The van der Waals surface area contributed by atoms with Gasteiger partial charge in [-0.3, -0.25) is 4.79 Å². The van der Waals surface area contributed by atoms with Gasteiger partial charge in [0.15, 0.2) is 11.6 Å². The van der Waals surface area contributed by atoms with E-state index in [2.05, 4.69) is 15.1 Å². The standard InChI is InChI=1S/C19H22F2N4OS/c20-15-7-6-14(12-16(15)21)18(26)24-8-10-25(11-9-24)19-23-22-17(27-19)13-4-2-1-3-5-13/h6-7,12-13H,1-5,8-11H2. The molecule has 1 aliphatic heterocycles. The van der Waals surface area contributed by atoms with Crippen LogP contribution in [0, 0.1) is 11.6 Å². The van der Waals surface area contributed by atoms with E-state index in [0.29, 0.717) is 32.1 Å². The number of carbonyl (C=O) groups excluding carboxylic acids is 1. The minimum Gasteiger partial charge on any atom is -0.343 e. The first-order valence-electron chi connectivity index (χ1n) is 9.44. The lowest BCUT2D eigenvalue weighted by molar-refractivity contribution is 0.0746.